The summed E-state index contributed by atoms with van der Waals surface area (Å²) in [6, 6.07) is 31.4. The largest absolute Gasteiger partial charge is 0.438 e. The van der Waals surface area contributed by atoms with Gasteiger partial charge in [-0.2, -0.15) is 0 Å². The number of carbonyl (C=O) groups is 4. The van der Waals surface area contributed by atoms with Crippen LogP contribution >= 0.6 is 0 Å². The minimum atomic E-state index is -1.09. The number of nitrogens with zero attached hydrogens (tertiary/aromatic N) is 2. The van der Waals surface area contributed by atoms with E-state index in [0.717, 1.165) is 20.9 Å². The molecule has 4 aromatic carbocycles. The number of ketones is 2. The van der Waals surface area contributed by atoms with Gasteiger partial charge in [-0.1, -0.05) is 84.9 Å². The maximum absolute atomic E-state index is 14.1. The summed E-state index contributed by atoms with van der Waals surface area (Å²) in [5, 5.41) is 0. The van der Waals surface area contributed by atoms with Crippen LogP contribution in [-0.2, 0) is 20.7 Å². The Hall–Kier alpha value is -5.50. The molecule has 2 heterocycles. The summed E-state index contributed by atoms with van der Waals surface area (Å²) in [6.45, 7) is 6.96. The van der Waals surface area contributed by atoms with Crippen LogP contribution in [0.5, 0.6) is 0 Å². The summed E-state index contributed by atoms with van der Waals surface area (Å²) in [5.74, 6) is -1.18. The van der Waals surface area contributed by atoms with E-state index >= 15 is 0 Å². The van der Waals surface area contributed by atoms with Crippen molar-refractivity contribution in [1.29, 1.82) is 0 Å². The average molecular weight is 587 g/mol. The molecule has 0 radical (unpaired) electrons. The van der Waals surface area contributed by atoms with E-state index in [1.165, 1.54) is 0 Å². The molecule has 0 atom stereocenters. The fourth-order valence-corrected chi connectivity index (χ4v) is 5.55. The van der Waals surface area contributed by atoms with Crippen LogP contribution in [0, 0.1) is 0 Å². The summed E-state index contributed by atoms with van der Waals surface area (Å²) >= 11 is 0. The average Bonchev–Trinajstić information content (AvgIpc) is 3.48. The van der Waals surface area contributed by atoms with Crippen LogP contribution < -0.4 is 9.80 Å². The molecule has 0 unspecified atom stereocenters. The maximum Gasteiger partial charge on any atom is 0.420 e. The highest BCUT2D eigenvalue weighted by Gasteiger charge is 2.49. The number of ether oxygens (including phenoxy) is 2. The van der Waals surface area contributed by atoms with Gasteiger partial charge in [-0.25, -0.2) is 19.4 Å². The van der Waals surface area contributed by atoms with Crippen molar-refractivity contribution in [3.63, 3.8) is 0 Å². The van der Waals surface area contributed by atoms with Crippen molar-refractivity contribution in [2.45, 2.75) is 38.9 Å². The summed E-state index contributed by atoms with van der Waals surface area (Å²) in [5.41, 5.74) is -0.376. The van der Waals surface area contributed by atoms with Crippen molar-refractivity contribution >= 4 is 35.1 Å². The van der Waals surface area contributed by atoms with E-state index < -0.39 is 35.0 Å². The minimum absolute atomic E-state index is 0.200. The molecule has 0 N–H and O–H groups in total. The van der Waals surface area contributed by atoms with Crippen LogP contribution in [0.1, 0.15) is 59.5 Å². The van der Waals surface area contributed by atoms with Crippen LogP contribution in [0.4, 0.5) is 21.0 Å². The van der Waals surface area contributed by atoms with E-state index in [0.29, 0.717) is 0 Å². The summed E-state index contributed by atoms with van der Waals surface area (Å²) in [4.78, 5) is 58.4. The Labute approximate surface area is 255 Å². The second kappa shape index (κ2) is 10.6. The smallest absolute Gasteiger partial charge is 0.420 e. The van der Waals surface area contributed by atoms with Crippen LogP contribution in [0.25, 0.3) is 0 Å². The van der Waals surface area contributed by atoms with Crippen molar-refractivity contribution in [1.82, 2.24) is 0 Å². The van der Waals surface area contributed by atoms with Crippen molar-refractivity contribution in [2.24, 2.45) is 0 Å². The van der Waals surface area contributed by atoms with Gasteiger partial charge in [0.05, 0.1) is 11.4 Å². The molecule has 2 amide bonds. The molecule has 0 saturated carbocycles. The van der Waals surface area contributed by atoms with Gasteiger partial charge in [0, 0.05) is 11.1 Å². The first-order valence-corrected chi connectivity index (χ1v) is 14.2. The van der Waals surface area contributed by atoms with Crippen molar-refractivity contribution in [3.8, 4) is 0 Å². The molecule has 2 aliphatic rings. The maximum atomic E-state index is 14.1. The number of benzene rings is 4. The van der Waals surface area contributed by atoms with Gasteiger partial charge >= 0.3 is 12.2 Å². The number of allylic oxidation sites excluding steroid dienone is 2. The molecule has 0 saturated heterocycles. The lowest BCUT2D eigenvalue weighted by Crippen LogP contribution is -2.41. The SMILES string of the molecule is CC(C)(OC(=O)N1/C(=C2\C(=O)c3ccccc3N2C(=O)OC(C)(C)c2ccccc2)C(=O)c2ccccc21)c1ccccc1. The van der Waals surface area contributed by atoms with E-state index in [2.05, 4.69) is 0 Å². The molecule has 2 aliphatic heterocycles. The molecule has 0 fully saturated rings. The number of para-hydroxylation sites is 2. The Bertz CT molecular complexity index is 1710. The standard InChI is InChI=1S/C36H30N2O6/c1-35(2,23-15-7-5-8-16-23)43-33(41)37-27-21-13-11-19-25(27)31(39)29(37)30-32(40)26-20-12-14-22-28(26)38(30)34(42)44-36(3,4)24-17-9-6-10-18-24/h5-22H,1-4H3/b30-29+. The Morgan fingerprint density at radius 1 is 0.500 bits per heavy atom. The number of hydrogen-bond donors (Lipinski definition) is 0. The van der Waals surface area contributed by atoms with E-state index in [4.69, 9.17) is 9.47 Å². The zero-order valence-corrected chi connectivity index (χ0v) is 24.7. The third-order valence-electron chi connectivity index (χ3n) is 7.87. The molecule has 0 spiro atoms. The van der Waals surface area contributed by atoms with Crippen LogP contribution in [-0.4, -0.2) is 23.8 Å². The van der Waals surface area contributed by atoms with E-state index in [9.17, 15) is 19.2 Å². The predicted octanol–water partition coefficient (Wildman–Crippen LogP) is 7.75. The van der Waals surface area contributed by atoms with E-state index in [1.807, 2.05) is 60.7 Å². The Balaban J connectivity index is 1.49. The normalized spacial score (nSPS) is 16.1. The van der Waals surface area contributed by atoms with Crippen LogP contribution in [0.2, 0.25) is 0 Å². The van der Waals surface area contributed by atoms with Gasteiger partial charge in [0.2, 0.25) is 11.6 Å². The topological polar surface area (TPSA) is 93.2 Å². The Morgan fingerprint density at radius 3 is 1.18 bits per heavy atom. The number of rotatable bonds is 4. The zero-order chi connectivity index (χ0) is 31.2. The molecule has 8 nitrogen and oxygen atoms in total. The van der Waals surface area contributed by atoms with Crippen molar-refractivity contribution in [2.75, 3.05) is 9.80 Å². The van der Waals surface area contributed by atoms with Gasteiger partial charge in [-0.15, -0.1) is 0 Å². The summed E-state index contributed by atoms with van der Waals surface area (Å²) < 4.78 is 12.0. The van der Waals surface area contributed by atoms with Crippen LogP contribution in [0.3, 0.4) is 0 Å². The number of anilines is 2. The molecular formula is C36H30N2O6. The Kier molecular flexibility index (Phi) is 6.92. The van der Waals surface area contributed by atoms with Gasteiger partial charge < -0.3 is 9.47 Å². The third-order valence-corrected chi connectivity index (χ3v) is 7.87. The molecule has 44 heavy (non-hydrogen) atoms. The van der Waals surface area contributed by atoms with Gasteiger partial charge in [-0.05, 0) is 63.1 Å². The molecular weight excluding hydrogens is 556 g/mol. The fourth-order valence-electron chi connectivity index (χ4n) is 5.55. The highest BCUT2D eigenvalue weighted by molar-refractivity contribution is 6.33. The molecule has 0 aromatic heterocycles. The lowest BCUT2D eigenvalue weighted by Gasteiger charge is -2.31. The second-order valence-corrected chi connectivity index (χ2v) is 11.5. The van der Waals surface area contributed by atoms with Crippen molar-refractivity contribution in [3.05, 3.63) is 143 Å². The Morgan fingerprint density at radius 2 is 0.818 bits per heavy atom. The second-order valence-electron chi connectivity index (χ2n) is 11.5. The number of Topliss-reactive ketones (excluding diaryl/α,β-unsaturated/α-hetero) is 2. The predicted molar refractivity (Wildman–Crippen MR) is 165 cm³/mol. The number of amides is 2. The van der Waals surface area contributed by atoms with Gasteiger partial charge in [0.1, 0.15) is 22.6 Å². The zero-order valence-electron chi connectivity index (χ0n) is 24.7. The molecule has 6 rings (SSSR count). The molecule has 8 heteroatoms. The third kappa shape index (κ3) is 4.74. The number of carbonyl (C=O) groups excluding carboxylic acids is 4. The van der Waals surface area contributed by atoms with Crippen molar-refractivity contribution < 1.29 is 28.7 Å². The summed E-state index contributed by atoms with van der Waals surface area (Å²) in [6.07, 6.45) is -1.75. The first-order chi connectivity index (χ1) is 21.0. The van der Waals surface area contributed by atoms with E-state index in [-0.39, 0.29) is 33.9 Å². The number of hydrogen-bond acceptors (Lipinski definition) is 6. The van der Waals surface area contributed by atoms with Gasteiger partial charge in [-0.3, -0.25) is 9.59 Å². The van der Waals surface area contributed by atoms with E-state index in [1.54, 1.807) is 76.2 Å². The summed E-state index contributed by atoms with van der Waals surface area (Å²) in [7, 11) is 0. The lowest BCUT2D eigenvalue weighted by molar-refractivity contribution is 0.0409. The lowest BCUT2D eigenvalue weighted by atomic mass is 9.98. The highest BCUT2D eigenvalue weighted by atomic mass is 16.6. The first-order valence-electron chi connectivity index (χ1n) is 14.2. The first kappa shape index (κ1) is 28.6. The van der Waals surface area contributed by atoms with Gasteiger partial charge in [0.15, 0.2) is 0 Å². The molecule has 4 aromatic rings. The monoisotopic (exact) mass is 586 g/mol. The minimum Gasteiger partial charge on any atom is -0.438 e. The van der Waals surface area contributed by atoms with Crippen LogP contribution in [0.15, 0.2) is 121 Å². The molecule has 0 bridgehead atoms. The highest BCUT2D eigenvalue weighted by Crippen LogP contribution is 2.44. The molecule has 0 aliphatic carbocycles. The van der Waals surface area contributed by atoms with Gasteiger partial charge in [0.25, 0.3) is 0 Å². The fraction of sp³-hybridized carbons (Fsp3) is 0.167. The molecule has 220 valence electrons. The quantitative estimate of drug-likeness (QED) is 0.227. The number of fused-ring (bicyclic) bond motifs is 2.